The summed E-state index contributed by atoms with van der Waals surface area (Å²) in [6.07, 6.45) is 9.46. The molecule has 4 aliphatic carbocycles. The number of halogens is 2. The normalized spacial score (nSPS) is 37.5. The van der Waals surface area contributed by atoms with Crippen molar-refractivity contribution in [1.29, 1.82) is 0 Å². The molecule has 0 unspecified atom stereocenters. The van der Waals surface area contributed by atoms with Gasteiger partial charge in [-0.1, -0.05) is 45.0 Å². The Kier molecular flexibility index (Phi) is 9.53. The third-order valence-corrected chi connectivity index (χ3v) is 14.6. The molecule has 1 amide bonds. The average Bonchev–Trinajstić information content (AvgIpc) is 3.43. The first kappa shape index (κ1) is 34.1. The van der Waals surface area contributed by atoms with E-state index < -0.39 is 0 Å². The maximum atomic E-state index is 13.8. The van der Waals surface area contributed by atoms with Gasteiger partial charge in [0.2, 0.25) is 5.91 Å². The zero-order valence-corrected chi connectivity index (χ0v) is 29.2. The summed E-state index contributed by atoms with van der Waals surface area (Å²) in [6.45, 7) is 10.0. The van der Waals surface area contributed by atoms with Crippen LogP contribution in [0.1, 0.15) is 102 Å². The van der Waals surface area contributed by atoms with Crippen molar-refractivity contribution in [1.82, 2.24) is 9.80 Å². The summed E-state index contributed by atoms with van der Waals surface area (Å²) in [5.41, 5.74) is 2.37. The number of benzene rings is 2. The quantitative estimate of drug-likeness (QED) is 0.321. The van der Waals surface area contributed by atoms with Crippen LogP contribution in [-0.2, 0) is 4.79 Å². The second kappa shape index (κ2) is 13.4. The van der Waals surface area contributed by atoms with Gasteiger partial charge in [0.05, 0.1) is 18.2 Å². The van der Waals surface area contributed by atoms with Gasteiger partial charge in [-0.15, -0.1) is 0 Å². The van der Waals surface area contributed by atoms with Crippen LogP contribution in [0.2, 0.25) is 0 Å². The molecule has 7 heteroatoms. The Bertz CT molecular complexity index is 1380. The molecule has 48 heavy (non-hydrogen) atoms. The van der Waals surface area contributed by atoms with E-state index in [1.54, 1.807) is 24.3 Å². The molecule has 2 aromatic rings. The molecule has 7 rings (SSSR count). The molecule has 2 N–H and O–H groups in total. The fourth-order valence-electron chi connectivity index (χ4n) is 12.0. The van der Waals surface area contributed by atoms with Gasteiger partial charge < -0.3 is 15.1 Å². The molecule has 0 spiro atoms. The van der Waals surface area contributed by atoms with Crippen molar-refractivity contribution in [2.45, 2.75) is 103 Å². The van der Waals surface area contributed by atoms with Crippen LogP contribution in [0.3, 0.4) is 0 Å². The topological polar surface area (TPSA) is 64.0 Å². The maximum absolute atomic E-state index is 13.8. The van der Waals surface area contributed by atoms with Gasteiger partial charge in [0, 0.05) is 32.6 Å². The Balaban J connectivity index is 0.956. The van der Waals surface area contributed by atoms with Crippen LogP contribution in [0.4, 0.5) is 8.78 Å². The summed E-state index contributed by atoms with van der Waals surface area (Å²) in [7, 11) is 0. The predicted molar refractivity (Wildman–Crippen MR) is 184 cm³/mol. The lowest BCUT2D eigenvalue weighted by Gasteiger charge is -2.62. The molecule has 262 valence electrons. The third kappa shape index (κ3) is 6.15. The smallest absolute Gasteiger partial charge is 0.222 e. The molecule has 0 bridgehead atoms. The Hall–Kier alpha value is -2.35. The predicted octanol–water partition coefficient (Wildman–Crippen LogP) is 7.61. The van der Waals surface area contributed by atoms with E-state index in [9.17, 15) is 23.8 Å². The zero-order chi connectivity index (χ0) is 33.8. The lowest BCUT2D eigenvalue weighted by atomic mass is 9.43. The van der Waals surface area contributed by atoms with Gasteiger partial charge >= 0.3 is 0 Å². The molecule has 1 heterocycles. The highest BCUT2D eigenvalue weighted by Crippen LogP contribution is 2.68. The minimum atomic E-state index is -0.281. The van der Waals surface area contributed by atoms with E-state index in [0.717, 1.165) is 43.2 Å². The summed E-state index contributed by atoms with van der Waals surface area (Å²) in [4.78, 5) is 17.9. The van der Waals surface area contributed by atoms with Crippen LogP contribution in [0.5, 0.6) is 0 Å². The summed E-state index contributed by atoms with van der Waals surface area (Å²) in [6, 6.07) is 13.0. The van der Waals surface area contributed by atoms with Crippen molar-refractivity contribution < 1.29 is 23.8 Å². The van der Waals surface area contributed by atoms with E-state index in [1.165, 1.54) is 49.9 Å². The van der Waals surface area contributed by atoms with Crippen molar-refractivity contribution >= 4 is 5.91 Å². The fourth-order valence-corrected chi connectivity index (χ4v) is 12.0. The summed E-state index contributed by atoms with van der Waals surface area (Å²) in [5.74, 6) is 2.59. The molecule has 10 atom stereocenters. The monoisotopic (exact) mass is 662 g/mol. The number of piperazine rings is 1. The van der Waals surface area contributed by atoms with Crippen LogP contribution >= 0.6 is 0 Å². The molecule has 0 aromatic heterocycles. The summed E-state index contributed by atoms with van der Waals surface area (Å²) in [5, 5.41) is 22.0. The number of aliphatic hydroxyl groups excluding tert-OH is 2. The number of rotatable bonds is 7. The number of amides is 1. The first-order valence-electron chi connectivity index (χ1n) is 18.9. The maximum Gasteiger partial charge on any atom is 0.222 e. The fraction of sp³-hybridized carbons (Fsp3) is 0.683. The van der Waals surface area contributed by atoms with Crippen molar-refractivity contribution in [2.24, 2.45) is 46.3 Å². The molecule has 5 fully saturated rings. The van der Waals surface area contributed by atoms with E-state index in [1.807, 2.05) is 4.90 Å². The molecule has 4 saturated carbocycles. The van der Waals surface area contributed by atoms with Crippen LogP contribution in [-0.4, -0.2) is 64.3 Å². The number of hydrogen-bond donors (Lipinski definition) is 2. The van der Waals surface area contributed by atoms with Gasteiger partial charge in [0.25, 0.3) is 0 Å². The number of hydrogen-bond acceptors (Lipinski definition) is 4. The first-order valence-corrected chi connectivity index (χ1v) is 18.9. The van der Waals surface area contributed by atoms with Crippen molar-refractivity contribution in [2.75, 3.05) is 26.2 Å². The van der Waals surface area contributed by atoms with Crippen molar-refractivity contribution in [3.8, 4) is 0 Å². The number of aliphatic hydroxyl groups is 2. The molecule has 1 aliphatic heterocycles. The Morgan fingerprint density at radius 1 is 0.812 bits per heavy atom. The Morgan fingerprint density at radius 3 is 2.02 bits per heavy atom. The SMILES string of the molecule is C[C@H](CCC(=O)N1CCN(C(c2ccc(F)cc2)c2ccc(F)cc2)CC1)[C@H]1CC[C@H]2[C@@H]3[C@H](O)C[C@@H]4C[C@H](O)CC[C@]4(C)[C@H]3CC[C@]12C. The highest BCUT2D eigenvalue weighted by atomic mass is 19.1. The minimum Gasteiger partial charge on any atom is -0.393 e. The number of fused-ring (bicyclic) bond motifs is 5. The molecule has 0 radical (unpaired) electrons. The van der Waals surface area contributed by atoms with Crippen LogP contribution < -0.4 is 0 Å². The molecule has 5 aliphatic rings. The summed E-state index contributed by atoms with van der Waals surface area (Å²) >= 11 is 0. The van der Waals surface area contributed by atoms with E-state index >= 15 is 0 Å². The molecule has 2 aromatic carbocycles. The zero-order valence-electron chi connectivity index (χ0n) is 29.2. The van der Waals surface area contributed by atoms with E-state index in [4.69, 9.17) is 0 Å². The first-order chi connectivity index (χ1) is 23.0. The standard InChI is InChI=1S/C41H56F2N2O3/c1-26(33-13-14-34-38-35(17-19-41(33,34)3)40(2)18-16-32(46)24-29(40)25-36(38)47)4-15-37(48)44-20-22-45(23-21-44)39(27-5-9-30(42)10-6-27)28-7-11-31(43)12-8-28/h5-12,26,29,32-36,38-39,46-47H,4,13-25H2,1-3H3/t26-,29+,32-,33-,34+,35+,36-,38+,40+,41-/m1/s1. The molecule has 1 saturated heterocycles. The van der Waals surface area contributed by atoms with Crippen molar-refractivity contribution in [3.63, 3.8) is 0 Å². The highest BCUT2D eigenvalue weighted by Gasteiger charge is 2.62. The highest BCUT2D eigenvalue weighted by molar-refractivity contribution is 5.76. The summed E-state index contributed by atoms with van der Waals surface area (Å²) < 4.78 is 27.5. The number of nitrogens with zero attached hydrogens (tertiary/aromatic N) is 2. The van der Waals surface area contributed by atoms with Crippen molar-refractivity contribution in [3.05, 3.63) is 71.3 Å². The van der Waals surface area contributed by atoms with Gasteiger partial charge in [0.15, 0.2) is 0 Å². The van der Waals surface area contributed by atoms with E-state index in [2.05, 4.69) is 25.7 Å². The number of carbonyl (C=O) groups excluding carboxylic acids is 1. The Labute approximate surface area is 286 Å². The van der Waals surface area contributed by atoms with Crippen LogP contribution in [0, 0.1) is 58.0 Å². The van der Waals surface area contributed by atoms with Gasteiger partial charge in [-0.25, -0.2) is 8.78 Å². The lowest BCUT2D eigenvalue weighted by molar-refractivity contribution is -0.174. The second-order valence-corrected chi connectivity index (χ2v) is 16.9. The third-order valence-electron chi connectivity index (χ3n) is 14.6. The van der Waals surface area contributed by atoms with E-state index in [-0.39, 0.29) is 46.6 Å². The van der Waals surface area contributed by atoms with Gasteiger partial charge in [0.1, 0.15) is 11.6 Å². The average molecular weight is 663 g/mol. The second-order valence-electron chi connectivity index (χ2n) is 16.9. The molecular formula is C41H56F2N2O3. The minimum absolute atomic E-state index is 0.129. The van der Waals surface area contributed by atoms with Gasteiger partial charge in [-0.3, -0.25) is 9.69 Å². The van der Waals surface area contributed by atoms with Gasteiger partial charge in [-0.2, -0.15) is 0 Å². The Morgan fingerprint density at radius 2 is 1.40 bits per heavy atom. The van der Waals surface area contributed by atoms with E-state index in [0.29, 0.717) is 68.1 Å². The molecule has 5 nitrogen and oxygen atoms in total. The van der Waals surface area contributed by atoms with Crippen LogP contribution in [0.25, 0.3) is 0 Å². The lowest BCUT2D eigenvalue weighted by Crippen LogP contribution is -2.58. The largest absolute Gasteiger partial charge is 0.393 e. The number of carbonyl (C=O) groups is 1. The van der Waals surface area contributed by atoms with Gasteiger partial charge in [-0.05, 0) is 140 Å². The molecular weight excluding hydrogens is 606 g/mol. The van der Waals surface area contributed by atoms with Crippen LogP contribution in [0.15, 0.2) is 48.5 Å².